The van der Waals surface area contributed by atoms with Crippen LogP contribution < -0.4 is 0 Å². The molecule has 94 valence electrons. The summed E-state index contributed by atoms with van der Waals surface area (Å²) in [6.45, 7) is 6.03. The van der Waals surface area contributed by atoms with Crippen molar-refractivity contribution in [1.29, 1.82) is 0 Å². The predicted molar refractivity (Wildman–Crippen MR) is 63.3 cm³/mol. The molecule has 1 unspecified atom stereocenters. The highest BCUT2D eigenvalue weighted by Gasteiger charge is 2.40. The van der Waals surface area contributed by atoms with Crippen LogP contribution in [0.5, 0.6) is 0 Å². The number of hydroxylamine groups is 2. The number of amides is 2. The molecule has 2 aliphatic rings. The van der Waals surface area contributed by atoms with E-state index in [1.807, 2.05) is 0 Å². The first-order chi connectivity index (χ1) is 8.26. The average Bonchev–Trinajstić information content (AvgIpc) is 2.56. The van der Waals surface area contributed by atoms with E-state index in [0.29, 0.717) is 26.3 Å². The number of methoxy groups -OCH3 is 1. The van der Waals surface area contributed by atoms with Gasteiger partial charge in [-0.1, -0.05) is 17.7 Å². The molecule has 0 aromatic heterocycles. The van der Waals surface area contributed by atoms with Crippen LogP contribution in [0.15, 0.2) is 24.3 Å². The Morgan fingerprint density at radius 2 is 2.47 bits per heavy atom. The third kappa shape index (κ3) is 2.50. The number of fused-ring (bicyclic) bond motifs is 2. The second-order valence-corrected chi connectivity index (χ2v) is 4.21. The summed E-state index contributed by atoms with van der Waals surface area (Å²) in [5.74, 6) is 0. The molecule has 0 aromatic rings. The van der Waals surface area contributed by atoms with Gasteiger partial charge in [0.15, 0.2) is 0 Å². The number of rotatable bonds is 6. The molecule has 1 atom stereocenters. The van der Waals surface area contributed by atoms with Crippen molar-refractivity contribution in [2.45, 2.75) is 12.5 Å². The molecule has 5 nitrogen and oxygen atoms in total. The van der Waals surface area contributed by atoms with Gasteiger partial charge in [0.25, 0.3) is 0 Å². The molecule has 17 heavy (non-hydrogen) atoms. The molecule has 0 spiro atoms. The van der Waals surface area contributed by atoms with E-state index >= 15 is 0 Å². The second kappa shape index (κ2) is 5.33. The number of carbonyl (C=O) groups is 1. The molecule has 2 bridgehead atoms. The molecular weight excluding hydrogens is 220 g/mol. The number of hydrogen-bond donors (Lipinski definition) is 0. The number of urea groups is 1. The number of carbonyl (C=O) groups excluding carboxylic acids is 1. The second-order valence-electron chi connectivity index (χ2n) is 4.21. The average molecular weight is 238 g/mol. The molecule has 5 heteroatoms. The Labute approximate surface area is 101 Å². The van der Waals surface area contributed by atoms with Crippen LogP contribution in [-0.2, 0) is 9.57 Å². The normalized spacial score (nSPS) is 23.0. The van der Waals surface area contributed by atoms with E-state index in [0.717, 1.165) is 6.42 Å². The lowest BCUT2D eigenvalue weighted by Gasteiger charge is -2.21. The van der Waals surface area contributed by atoms with Crippen LogP contribution in [0.3, 0.4) is 0 Å². The zero-order chi connectivity index (χ0) is 12.3. The van der Waals surface area contributed by atoms with Gasteiger partial charge in [0.1, 0.15) is 0 Å². The molecule has 1 saturated heterocycles. The van der Waals surface area contributed by atoms with Crippen molar-refractivity contribution in [2.24, 2.45) is 0 Å². The quantitative estimate of drug-likeness (QED) is 0.653. The number of hydrogen-bond acceptors (Lipinski definition) is 3. The summed E-state index contributed by atoms with van der Waals surface area (Å²) in [4.78, 5) is 19.1. The van der Waals surface area contributed by atoms with Crippen LogP contribution in [-0.4, -0.2) is 55.4 Å². The fraction of sp³-hybridized carbons (Fsp3) is 0.583. The summed E-state index contributed by atoms with van der Waals surface area (Å²) < 4.78 is 5.05. The van der Waals surface area contributed by atoms with Crippen molar-refractivity contribution in [2.75, 3.05) is 33.4 Å². The van der Waals surface area contributed by atoms with Crippen LogP contribution in [0, 0.1) is 0 Å². The van der Waals surface area contributed by atoms with Gasteiger partial charge in [-0.2, -0.15) is 5.06 Å². The topological polar surface area (TPSA) is 42.0 Å². The predicted octanol–water partition coefficient (Wildman–Crippen LogP) is 1.19. The third-order valence-corrected chi connectivity index (χ3v) is 2.95. The molecule has 1 fully saturated rings. The van der Waals surface area contributed by atoms with E-state index in [1.165, 1.54) is 10.6 Å². The summed E-state index contributed by atoms with van der Waals surface area (Å²) >= 11 is 0. The van der Waals surface area contributed by atoms with Crippen molar-refractivity contribution >= 4 is 6.03 Å². The van der Waals surface area contributed by atoms with E-state index < -0.39 is 0 Å². The van der Waals surface area contributed by atoms with Gasteiger partial charge in [0.2, 0.25) is 0 Å². The van der Waals surface area contributed by atoms with Crippen molar-refractivity contribution in [1.82, 2.24) is 9.96 Å². The van der Waals surface area contributed by atoms with Gasteiger partial charge in [0.05, 0.1) is 12.6 Å². The van der Waals surface area contributed by atoms with Crippen LogP contribution in [0.2, 0.25) is 0 Å². The maximum absolute atomic E-state index is 11.9. The van der Waals surface area contributed by atoms with E-state index in [4.69, 9.17) is 9.57 Å². The van der Waals surface area contributed by atoms with Crippen molar-refractivity contribution < 1.29 is 14.4 Å². The smallest absolute Gasteiger partial charge is 0.344 e. The Bertz CT molecular complexity index is 341. The highest BCUT2D eigenvalue weighted by Crippen LogP contribution is 2.25. The standard InChI is InChI=1S/C12H18N2O3/c1-3-5-17-14-11-7-10(4-6-16-2)8-13(9-11)12(14)15/h3,7,11H,1,4-6,8-9H2,2H3. The van der Waals surface area contributed by atoms with E-state index in [-0.39, 0.29) is 12.1 Å². The van der Waals surface area contributed by atoms with Crippen LogP contribution in [0.4, 0.5) is 4.79 Å². The van der Waals surface area contributed by atoms with Gasteiger partial charge in [0, 0.05) is 26.8 Å². The van der Waals surface area contributed by atoms with E-state index in [2.05, 4.69) is 12.7 Å². The van der Waals surface area contributed by atoms with Gasteiger partial charge < -0.3 is 9.64 Å². The van der Waals surface area contributed by atoms with Gasteiger partial charge in [-0.3, -0.25) is 4.84 Å². The van der Waals surface area contributed by atoms with Crippen molar-refractivity contribution in [3.8, 4) is 0 Å². The minimum Gasteiger partial charge on any atom is -0.384 e. The highest BCUT2D eigenvalue weighted by atomic mass is 16.7. The lowest BCUT2D eigenvalue weighted by molar-refractivity contribution is -0.107. The van der Waals surface area contributed by atoms with Crippen LogP contribution in [0.1, 0.15) is 6.42 Å². The molecule has 0 aliphatic carbocycles. The molecule has 0 N–H and O–H groups in total. The highest BCUT2D eigenvalue weighted by molar-refractivity contribution is 5.77. The summed E-state index contributed by atoms with van der Waals surface area (Å²) in [5, 5.41) is 1.45. The number of nitrogens with zero attached hydrogens (tertiary/aromatic N) is 2. The summed E-state index contributed by atoms with van der Waals surface area (Å²) in [7, 11) is 1.68. The van der Waals surface area contributed by atoms with Gasteiger partial charge in [-0.25, -0.2) is 4.79 Å². The fourth-order valence-electron chi connectivity index (χ4n) is 2.16. The lowest BCUT2D eigenvalue weighted by atomic mass is 10.1. The Kier molecular flexibility index (Phi) is 3.81. The van der Waals surface area contributed by atoms with Gasteiger partial charge in [-0.15, -0.1) is 6.58 Å². The Morgan fingerprint density at radius 1 is 1.65 bits per heavy atom. The van der Waals surface area contributed by atoms with E-state index in [1.54, 1.807) is 18.1 Å². The first-order valence-electron chi connectivity index (χ1n) is 5.76. The molecule has 2 amide bonds. The minimum absolute atomic E-state index is 0.0306. The van der Waals surface area contributed by atoms with Crippen molar-refractivity contribution in [3.05, 3.63) is 24.3 Å². The van der Waals surface area contributed by atoms with Crippen LogP contribution in [0.25, 0.3) is 0 Å². The largest absolute Gasteiger partial charge is 0.384 e. The number of ether oxygens (including phenoxy) is 1. The van der Waals surface area contributed by atoms with Gasteiger partial charge in [-0.05, 0) is 6.42 Å². The molecular formula is C12H18N2O3. The van der Waals surface area contributed by atoms with Gasteiger partial charge >= 0.3 is 6.03 Å². The maximum Gasteiger partial charge on any atom is 0.344 e. The zero-order valence-corrected chi connectivity index (χ0v) is 10.1. The maximum atomic E-state index is 11.9. The fourth-order valence-corrected chi connectivity index (χ4v) is 2.16. The summed E-state index contributed by atoms with van der Waals surface area (Å²) in [5.41, 5.74) is 1.24. The molecule has 0 aromatic carbocycles. The Morgan fingerprint density at radius 3 is 3.18 bits per heavy atom. The molecule has 2 heterocycles. The zero-order valence-electron chi connectivity index (χ0n) is 10.1. The SMILES string of the molecule is C=CCON1C(=O)N2CC(CCOC)=CC1C2. The first kappa shape index (κ1) is 12.1. The molecule has 2 rings (SSSR count). The Balaban J connectivity index is 2.01. The third-order valence-electron chi connectivity index (χ3n) is 2.95. The summed E-state index contributed by atoms with van der Waals surface area (Å²) in [6.07, 6.45) is 4.62. The van der Waals surface area contributed by atoms with E-state index in [9.17, 15) is 4.79 Å². The molecule has 0 radical (unpaired) electrons. The Hall–Kier alpha value is -1.33. The van der Waals surface area contributed by atoms with Crippen LogP contribution >= 0.6 is 0 Å². The molecule has 0 saturated carbocycles. The first-order valence-corrected chi connectivity index (χ1v) is 5.76. The van der Waals surface area contributed by atoms with Crippen molar-refractivity contribution in [3.63, 3.8) is 0 Å². The minimum atomic E-state index is -0.0551. The monoisotopic (exact) mass is 238 g/mol. The lowest BCUT2D eigenvalue weighted by Crippen LogP contribution is -2.33. The summed E-state index contributed by atoms with van der Waals surface area (Å²) in [6, 6.07) is -0.0245. The molecule has 2 aliphatic heterocycles.